The summed E-state index contributed by atoms with van der Waals surface area (Å²) in [5.74, 6) is 1.27. The van der Waals surface area contributed by atoms with Gasteiger partial charge >= 0.3 is 0 Å². The summed E-state index contributed by atoms with van der Waals surface area (Å²) < 4.78 is 1.95. The van der Waals surface area contributed by atoms with Gasteiger partial charge in [0.15, 0.2) is 17.0 Å². The third-order valence-corrected chi connectivity index (χ3v) is 5.08. The maximum Gasteiger partial charge on any atom is 0.227 e. The van der Waals surface area contributed by atoms with Crippen molar-refractivity contribution in [2.75, 3.05) is 5.32 Å². The van der Waals surface area contributed by atoms with Gasteiger partial charge in [0, 0.05) is 12.1 Å². The Balaban J connectivity index is 0.00000112. The number of imidazole rings is 2. The van der Waals surface area contributed by atoms with Crippen molar-refractivity contribution < 1.29 is 0 Å². The van der Waals surface area contributed by atoms with Crippen LogP contribution in [-0.4, -0.2) is 41.6 Å². The highest BCUT2D eigenvalue weighted by Crippen LogP contribution is 2.24. The van der Waals surface area contributed by atoms with Crippen LogP contribution in [0.4, 0.5) is 5.95 Å². The molecular weight excluding hydrogens is 399 g/mol. The van der Waals surface area contributed by atoms with E-state index in [1.54, 1.807) is 12.7 Å². The van der Waals surface area contributed by atoms with E-state index in [-0.39, 0.29) is 36.9 Å². The van der Waals surface area contributed by atoms with Crippen LogP contribution in [0.25, 0.3) is 28.0 Å². The molecule has 0 radical (unpaired) electrons. The molecule has 5 rings (SSSR count). The van der Waals surface area contributed by atoms with Crippen molar-refractivity contribution >= 4 is 53.0 Å². The van der Waals surface area contributed by atoms with Gasteiger partial charge in [-0.2, -0.15) is 9.97 Å². The van der Waals surface area contributed by atoms with E-state index < -0.39 is 0 Å². The third-order valence-electron chi connectivity index (χ3n) is 5.08. The fraction of sp³-hybridized carbons (Fsp3) is 0.333. The lowest BCUT2D eigenvalue weighted by Gasteiger charge is -2.29. The maximum absolute atomic E-state index is 6.27. The number of rotatable bonds is 3. The molecule has 1 fully saturated rings. The first-order valence-electron chi connectivity index (χ1n) is 8.95. The van der Waals surface area contributed by atoms with E-state index in [1.807, 2.05) is 28.8 Å². The summed E-state index contributed by atoms with van der Waals surface area (Å²) in [5.41, 5.74) is 9.58. The zero-order chi connectivity index (χ0) is 17.5. The summed E-state index contributed by atoms with van der Waals surface area (Å²) in [7, 11) is 0. The van der Waals surface area contributed by atoms with Gasteiger partial charge in [0.25, 0.3) is 0 Å². The average molecular weight is 421 g/mol. The van der Waals surface area contributed by atoms with Crippen LogP contribution >= 0.6 is 24.8 Å². The van der Waals surface area contributed by atoms with E-state index in [1.165, 1.54) is 12.8 Å². The standard InChI is InChI=1S/C18H20N8.2ClH/c19-11-5-1-2-6-12(11)23-18-24-16-15(20-9-21-16)17(25-18)26-10-22-13-7-3-4-8-14(13)26;;/h3-4,7-12H,1-2,5-6,19H2,(H2,20,21,23,24,25);2*1H/t11-,12-;;/m0../s1. The predicted molar refractivity (Wildman–Crippen MR) is 115 cm³/mol. The highest BCUT2D eigenvalue weighted by molar-refractivity contribution is 5.86. The number of aromatic nitrogens is 6. The van der Waals surface area contributed by atoms with E-state index in [0.29, 0.717) is 22.9 Å². The van der Waals surface area contributed by atoms with Crippen LogP contribution in [0.15, 0.2) is 36.9 Å². The van der Waals surface area contributed by atoms with Crippen molar-refractivity contribution in [1.82, 2.24) is 29.5 Å². The minimum Gasteiger partial charge on any atom is -0.350 e. The van der Waals surface area contributed by atoms with Gasteiger partial charge in [-0.1, -0.05) is 25.0 Å². The lowest BCUT2D eigenvalue weighted by atomic mass is 9.91. The molecule has 28 heavy (non-hydrogen) atoms. The number of anilines is 1. The van der Waals surface area contributed by atoms with Crippen molar-refractivity contribution in [3.8, 4) is 5.82 Å². The Morgan fingerprint density at radius 1 is 1.07 bits per heavy atom. The Kier molecular flexibility index (Phi) is 6.02. The van der Waals surface area contributed by atoms with Crippen LogP contribution in [0.1, 0.15) is 25.7 Å². The molecule has 10 heteroatoms. The van der Waals surface area contributed by atoms with E-state index in [4.69, 9.17) is 10.7 Å². The number of hydrogen-bond acceptors (Lipinski definition) is 6. The normalized spacial score (nSPS) is 19.2. The predicted octanol–water partition coefficient (Wildman–Crippen LogP) is 3.22. The molecule has 0 saturated heterocycles. The summed E-state index contributed by atoms with van der Waals surface area (Å²) in [5, 5.41) is 3.43. The SMILES string of the molecule is Cl.Cl.N[C@H]1CCCC[C@@H]1Nc1nc(-n2cnc3ccccc32)c2nc[nH]c2n1. The van der Waals surface area contributed by atoms with Gasteiger partial charge in [0.2, 0.25) is 5.95 Å². The Morgan fingerprint density at radius 2 is 1.89 bits per heavy atom. The van der Waals surface area contributed by atoms with Crippen LogP contribution in [0, 0.1) is 0 Å². The summed E-state index contributed by atoms with van der Waals surface area (Å²) in [6.45, 7) is 0. The van der Waals surface area contributed by atoms with E-state index >= 15 is 0 Å². The van der Waals surface area contributed by atoms with Crippen molar-refractivity contribution in [2.24, 2.45) is 5.73 Å². The maximum atomic E-state index is 6.27. The molecule has 0 amide bonds. The molecule has 0 unspecified atom stereocenters. The summed E-state index contributed by atoms with van der Waals surface area (Å²) >= 11 is 0. The fourth-order valence-electron chi connectivity index (χ4n) is 3.69. The number of nitrogens with two attached hydrogens (primary N) is 1. The number of halogens is 2. The summed E-state index contributed by atoms with van der Waals surface area (Å²) in [4.78, 5) is 21.3. The van der Waals surface area contributed by atoms with Gasteiger partial charge in [-0.15, -0.1) is 24.8 Å². The highest BCUT2D eigenvalue weighted by atomic mass is 35.5. The molecule has 3 heterocycles. The van der Waals surface area contributed by atoms with Gasteiger partial charge in [-0.3, -0.25) is 4.57 Å². The first-order chi connectivity index (χ1) is 12.8. The Hall–Kier alpha value is -2.42. The zero-order valence-electron chi connectivity index (χ0n) is 15.1. The first-order valence-corrected chi connectivity index (χ1v) is 8.95. The molecule has 4 N–H and O–H groups in total. The number of fused-ring (bicyclic) bond motifs is 2. The van der Waals surface area contributed by atoms with E-state index in [2.05, 4.69) is 25.3 Å². The van der Waals surface area contributed by atoms with Crippen LogP contribution in [-0.2, 0) is 0 Å². The van der Waals surface area contributed by atoms with E-state index in [9.17, 15) is 0 Å². The van der Waals surface area contributed by atoms with Crippen molar-refractivity contribution in [3.63, 3.8) is 0 Å². The van der Waals surface area contributed by atoms with E-state index in [0.717, 1.165) is 23.9 Å². The van der Waals surface area contributed by atoms with Crippen LogP contribution in [0.2, 0.25) is 0 Å². The number of nitrogens with one attached hydrogen (secondary N) is 2. The number of para-hydroxylation sites is 2. The molecule has 0 spiro atoms. The van der Waals surface area contributed by atoms with Crippen LogP contribution in [0.3, 0.4) is 0 Å². The molecule has 1 aromatic carbocycles. The smallest absolute Gasteiger partial charge is 0.227 e. The van der Waals surface area contributed by atoms with Gasteiger partial charge < -0.3 is 16.0 Å². The van der Waals surface area contributed by atoms with Crippen molar-refractivity contribution in [2.45, 2.75) is 37.8 Å². The average Bonchev–Trinajstić information content (AvgIpc) is 3.30. The molecule has 1 saturated carbocycles. The molecule has 2 atom stereocenters. The fourth-order valence-corrected chi connectivity index (χ4v) is 3.69. The minimum absolute atomic E-state index is 0. The van der Waals surface area contributed by atoms with Crippen LogP contribution < -0.4 is 11.1 Å². The molecule has 0 bridgehead atoms. The number of hydrogen-bond donors (Lipinski definition) is 3. The number of benzene rings is 1. The quantitative estimate of drug-likeness (QED) is 0.469. The summed E-state index contributed by atoms with van der Waals surface area (Å²) in [6.07, 6.45) is 7.84. The number of nitrogens with zero attached hydrogens (tertiary/aromatic N) is 5. The van der Waals surface area contributed by atoms with Gasteiger partial charge in [-0.05, 0) is 25.0 Å². The zero-order valence-corrected chi connectivity index (χ0v) is 16.7. The van der Waals surface area contributed by atoms with Crippen LogP contribution in [0.5, 0.6) is 0 Å². The third kappa shape index (κ3) is 3.50. The second kappa shape index (κ2) is 8.30. The Labute approximate surface area is 174 Å². The monoisotopic (exact) mass is 420 g/mol. The molecule has 3 aromatic heterocycles. The molecular formula is C18H22Cl2N8. The molecule has 1 aliphatic carbocycles. The first kappa shape index (κ1) is 20.3. The number of aromatic amines is 1. The Morgan fingerprint density at radius 3 is 2.75 bits per heavy atom. The highest BCUT2D eigenvalue weighted by Gasteiger charge is 2.23. The van der Waals surface area contributed by atoms with Crippen molar-refractivity contribution in [1.29, 1.82) is 0 Å². The minimum atomic E-state index is 0. The molecule has 8 nitrogen and oxygen atoms in total. The van der Waals surface area contributed by atoms with Gasteiger partial charge in [0.1, 0.15) is 6.33 Å². The molecule has 4 aromatic rings. The second-order valence-electron chi connectivity index (χ2n) is 6.77. The lowest BCUT2D eigenvalue weighted by Crippen LogP contribution is -2.43. The van der Waals surface area contributed by atoms with Crippen molar-refractivity contribution in [3.05, 3.63) is 36.9 Å². The van der Waals surface area contributed by atoms with Gasteiger partial charge in [0.05, 0.1) is 17.4 Å². The second-order valence-corrected chi connectivity index (χ2v) is 6.77. The molecule has 0 aliphatic heterocycles. The number of H-pyrrole nitrogens is 1. The topological polar surface area (TPSA) is 110 Å². The molecule has 1 aliphatic rings. The Bertz CT molecular complexity index is 1080. The lowest BCUT2D eigenvalue weighted by molar-refractivity contribution is 0.402. The largest absolute Gasteiger partial charge is 0.350 e. The van der Waals surface area contributed by atoms with Gasteiger partial charge in [-0.25, -0.2) is 9.97 Å². The molecule has 148 valence electrons. The summed E-state index contributed by atoms with van der Waals surface area (Å²) in [6, 6.07) is 8.28.